The highest BCUT2D eigenvalue weighted by molar-refractivity contribution is 7.09. The molecule has 2 atom stereocenters. The fourth-order valence-corrected chi connectivity index (χ4v) is 4.49. The van der Waals surface area contributed by atoms with Crippen molar-refractivity contribution >= 4 is 23.2 Å². The zero-order valence-corrected chi connectivity index (χ0v) is 15.9. The van der Waals surface area contributed by atoms with Crippen LogP contribution in [0.5, 0.6) is 0 Å². The number of hydrogen-bond acceptors (Lipinski definition) is 6. The largest absolute Gasteiger partial charge is 0.383 e. The second-order valence-electron chi connectivity index (χ2n) is 7.03. The highest BCUT2D eigenvalue weighted by atomic mass is 32.1. The summed E-state index contributed by atoms with van der Waals surface area (Å²) in [4.78, 5) is 35.8. The monoisotopic (exact) mass is 366 g/mol. The average molecular weight is 366 g/mol. The minimum absolute atomic E-state index is 0.0560. The Morgan fingerprint density at radius 1 is 1.40 bits per heavy atom. The molecule has 1 aromatic heterocycles. The van der Waals surface area contributed by atoms with Gasteiger partial charge in [0.15, 0.2) is 0 Å². The van der Waals surface area contributed by atoms with Gasteiger partial charge >= 0.3 is 0 Å². The van der Waals surface area contributed by atoms with Crippen molar-refractivity contribution in [3.05, 3.63) is 16.1 Å². The Morgan fingerprint density at radius 2 is 2.20 bits per heavy atom. The van der Waals surface area contributed by atoms with Gasteiger partial charge in [-0.3, -0.25) is 9.59 Å². The van der Waals surface area contributed by atoms with Crippen molar-refractivity contribution in [1.82, 2.24) is 19.7 Å². The van der Waals surface area contributed by atoms with Crippen LogP contribution in [0.2, 0.25) is 0 Å². The van der Waals surface area contributed by atoms with Gasteiger partial charge in [0.05, 0.1) is 12.5 Å². The molecule has 2 bridgehead atoms. The topological polar surface area (TPSA) is 66.0 Å². The summed E-state index contributed by atoms with van der Waals surface area (Å²) in [6.45, 7) is 2.95. The van der Waals surface area contributed by atoms with E-state index < -0.39 is 0 Å². The lowest BCUT2D eigenvalue weighted by Gasteiger charge is -2.35. The van der Waals surface area contributed by atoms with Gasteiger partial charge in [-0.15, -0.1) is 11.3 Å². The molecule has 4 heterocycles. The molecule has 4 rings (SSSR count). The van der Waals surface area contributed by atoms with Gasteiger partial charge in [0, 0.05) is 44.7 Å². The van der Waals surface area contributed by atoms with Crippen LogP contribution in [0.25, 0.3) is 0 Å². The maximum atomic E-state index is 12.9. The van der Waals surface area contributed by atoms with Crippen LogP contribution in [-0.2, 0) is 16.1 Å². The third-order valence-electron chi connectivity index (χ3n) is 4.84. The Morgan fingerprint density at radius 3 is 2.92 bits per heavy atom. The van der Waals surface area contributed by atoms with Crippen LogP contribution >= 0.6 is 11.3 Å². The summed E-state index contributed by atoms with van der Waals surface area (Å²) in [6.07, 6.45) is 1.81. The number of carbonyl (C=O) groups is 2. The van der Waals surface area contributed by atoms with E-state index in [-0.39, 0.29) is 23.8 Å². The van der Waals surface area contributed by atoms with E-state index in [0.717, 1.165) is 24.4 Å². The van der Waals surface area contributed by atoms with Crippen molar-refractivity contribution in [3.8, 4) is 0 Å². The lowest BCUT2D eigenvalue weighted by atomic mass is 9.94. The SMILES string of the molecule is COCCN1C(=O)[C@@H]2CC[C@H]1CN(C(=O)c1csc(CN(C)C)n1)C2. The number of thiazole rings is 1. The maximum Gasteiger partial charge on any atom is 0.273 e. The Bertz CT molecular complexity index is 633. The van der Waals surface area contributed by atoms with Gasteiger partial charge in [0.1, 0.15) is 10.7 Å². The molecular weight excluding hydrogens is 340 g/mol. The normalized spacial score (nSPS) is 23.4. The molecule has 25 heavy (non-hydrogen) atoms. The summed E-state index contributed by atoms with van der Waals surface area (Å²) in [5.41, 5.74) is 0.499. The van der Waals surface area contributed by atoms with Gasteiger partial charge in [-0.1, -0.05) is 0 Å². The van der Waals surface area contributed by atoms with Gasteiger partial charge < -0.3 is 19.4 Å². The van der Waals surface area contributed by atoms with Gasteiger partial charge in [-0.05, 0) is 26.9 Å². The number of fused-ring (bicyclic) bond motifs is 4. The summed E-state index contributed by atoms with van der Waals surface area (Å²) in [5.74, 6) is 0.00848. The smallest absolute Gasteiger partial charge is 0.273 e. The molecule has 1 aromatic rings. The highest BCUT2D eigenvalue weighted by Gasteiger charge is 2.42. The van der Waals surface area contributed by atoms with Crippen LogP contribution in [0, 0.1) is 5.92 Å². The zero-order valence-electron chi connectivity index (χ0n) is 15.1. The molecule has 8 heteroatoms. The first-order chi connectivity index (χ1) is 12.0. The lowest BCUT2D eigenvalue weighted by molar-refractivity contribution is -0.140. The number of carbonyl (C=O) groups excluding carboxylic acids is 2. The van der Waals surface area contributed by atoms with E-state index in [4.69, 9.17) is 4.74 Å². The van der Waals surface area contributed by atoms with Crippen LogP contribution in [0.15, 0.2) is 5.38 Å². The minimum atomic E-state index is -0.0977. The lowest BCUT2D eigenvalue weighted by Crippen LogP contribution is -2.49. The van der Waals surface area contributed by atoms with E-state index in [9.17, 15) is 9.59 Å². The number of amides is 2. The Labute approximate surface area is 152 Å². The van der Waals surface area contributed by atoms with Gasteiger partial charge in [-0.2, -0.15) is 0 Å². The van der Waals surface area contributed by atoms with Gasteiger partial charge in [-0.25, -0.2) is 4.98 Å². The van der Waals surface area contributed by atoms with Crippen molar-refractivity contribution in [2.24, 2.45) is 5.92 Å². The zero-order chi connectivity index (χ0) is 18.0. The summed E-state index contributed by atoms with van der Waals surface area (Å²) < 4.78 is 5.13. The van der Waals surface area contributed by atoms with Crippen LogP contribution in [0.1, 0.15) is 28.3 Å². The van der Waals surface area contributed by atoms with Crippen LogP contribution in [0.3, 0.4) is 0 Å². The standard InChI is InChI=1S/C17H26N4O3S/c1-19(2)10-15-18-14(11-25-15)17(23)20-8-12-4-5-13(9-20)21(16(12)22)6-7-24-3/h11-13H,4-10H2,1-3H3/t12-,13+/m1/s1. The first-order valence-corrected chi connectivity index (χ1v) is 9.55. The number of nitrogens with zero attached hydrogens (tertiary/aromatic N) is 4. The van der Waals surface area contributed by atoms with E-state index in [0.29, 0.717) is 31.9 Å². The van der Waals surface area contributed by atoms with Gasteiger partial charge in [0.2, 0.25) is 5.91 Å². The van der Waals surface area contributed by atoms with Crippen molar-refractivity contribution in [1.29, 1.82) is 0 Å². The molecule has 3 saturated heterocycles. The fraction of sp³-hybridized carbons (Fsp3) is 0.706. The van der Waals surface area contributed by atoms with Crippen LogP contribution < -0.4 is 0 Å². The number of methoxy groups -OCH3 is 1. The van der Waals surface area contributed by atoms with Crippen LogP contribution in [0.4, 0.5) is 0 Å². The maximum absolute atomic E-state index is 12.9. The molecule has 0 N–H and O–H groups in total. The molecule has 2 amide bonds. The van der Waals surface area contributed by atoms with Crippen molar-refractivity contribution in [3.63, 3.8) is 0 Å². The van der Waals surface area contributed by atoms with E-state index in [2.05, 4.69) is 4.98 Å². The third kappa shape index (κ3) is 4.02. The molecular formula is C17H26N4O3S. The summed E-state index contributed by atoms with van der Waals surface area (Å²) in [7, 11) is 5.61. The first kappa shape index (κ1) is 18.3. The molecule has 0 spiro atoms. The van der Waals surface area contributed by atoms with E-state index in [1.807, 2.05) is 34.2 Å². The van der Waals surface area contributed by atoms with Crippen molar-refractivity contribution in [2.75, 3.05) is 47.4 Å². The predicted molar refractivity (Wildman–Crippen MR) is 95.5 cm³/mol. The predicted octanol–water partition coefficient (Wildman–Crippen LogP) is 0.914. The molecule has 3 fully saturated rings. The van der Waals surface area contributed by atoms with E-state index in [1.54, 1.807) is 7.11 Å². The Hall–Kier alpha value is -1.51. The molecule has 0 saturated carbocycles. The molecule has 3 aliphatic heterocycles. The molecule has 0 aromatic carbocycles. The molecule has 0 radical (unpaired) electrons. The molecule has 7 nitrogen and oxygen atoms in total. The van der Waals surface area contributed by atoms with Gasteiger partial charge in [0.25, 0.3) is 5.91 Å². The fourth-order valence-electron chi connectivity index (χ4n) is 3.60. The number of piperidine rings is 1. The summed E-state index contributed by atoms with van der Waals surface area (Å²) >= 11 is 1.51. The first-order valence-electron chi connectivity index (χ1n) is 8.67. The third-order valence-corrected chi connectivity index (χ3v) is 5.67. The van der Waals surface area contributed by atoms with Crippen molar-refractivity contribution < 1.29 is 14.3 Å². The Balaban J connectivity index is 1.72. The van der Waals surface area contributed by atoms with Crippen molar-refractivity contribution in [2.45, 2.75) is 25.4 Å². The molecule has 0 unspecified atom stereocenters. The quantitative estimate of drug-likeness (QED) is 0.749. The molecule has 138 valence electrons. The minimum Gasteiger partial charge on any atom is -0.383 e. The second kappa shape index (κ2) is 7.80. The highest BCUT2D eigenvalue weighted by Crippen LogP contribution is 2.29. The van der Waals surface area contributed by atoms with Crippen LogP contribution in [-0.4, -0.2) is 85.0 Å². The van der Waals surface area contributed by atoms with E-state index in [1.165, 1.54) is 11.3 Å². The Kier molecular flexibility index (Phi) is 5.71. The second-order valence-corrected chi connectivity index (χ2v) is 7.97. The number of ether oxygens (including phenoxy) is 1. The summed E-state index contributed by atoms with van der Waals surface area (Å²) in [6, 6.07) is 0.0882. The average Bonchev–Trinajstić information content (AvgIpc) is 2.85. The molecule has 3 aliphatic rings. The van der Waals surface area contributed by atoms with E-state index >= 15 is 0 Å². The number of aromatic nitrogens is 1. The summed E-state index contributed by atoms with van der Waals surface area (Å²) in [5, 5.41) is 2.77. The number of hydrogen-bond donors (Lipinski definition) is 0. The molecule has 0 aliphatic carbocycles. The number of rotatable bonds is 6.